The minimum absolute atomic E-state index is 0.00879. The Morgan fingerprint density at radius 3 is 2.39 bits per heavy atom. The Morgan fingerprint density at radius 1 is 0.929 bits per heavy atom. The van der Waals surface area contributed by atoms with Crippen molar-refractivity contribution in [3.8, 4) is 0 Å². The fourth-order valence-electron chi connectivity index (χ4n) is 9.04. The number of hydrogen-bond donors (Lipinski definition) is 0. The zero-order chi connectivity index (χ0) is 19.7. The lowest BCUT2D eigenvalue weighted by molar-refractivity contribution is -0.161. The van der Waals surface area contributed by atoms with Crippen LogP contribution in [0.3, 0.4) is 0 Å². The van der Waals surface area contributed by atoms with Crippen LogP contribution in [0, 0.1) is 28.6 Å². The summed E-state index contributed by atoms with van der Waals surface area (Å²) < 4.78 is 18.1. The van der Waals surface area contributed by atoms with E-state index in [2.05, 4.69) is 13.8 Å². The Morgan fingerprint density at radius 2 is 1.68 bits per heavy atom. The molecule has 0 aromatic rings. The zero-order valence-corrected chi connectivity index (χ0v) is 17.5. The summed E-state index contributed by atoms with van der Waals surface area (Å²) in [5.74, 6) is 1.90. The number of ketones is 1. The third kappa shape index (κ3) is 1.79. The first kappa shape index (κ1) is 17.9. The number of rotatable bonds is 2. The largest absolute Gasteiger partial charge is 0.462 e. The first-order valence-corrected chi connectivity index (χ1v) is 11.2. The van der Waals surface area contributed by atoms with Crippen molar-refractivity contribution in [1.82, 2.24) is 0 Å². The van der Waals surface area contributed by atoms with Crippen LogP contribution in [-0.4, -0.2) is 41.3 Å². The van der Waals surface area contributed by atoms with Gasteiger partial charge in [0.05, 0.1) is 12.2 Å². The minimum Gasteiger partial charge on any atom is -0.462 e. The molecule has 0 bridgehead atoms. The highest BCUT2D eigenvalue weighted by Gasteiger charge is 2.82. The number of Topliss-reactive ketones (excluding diaryl/α,β-unsaturated/α-hetero) is 1. The minimum atomic E-state index is -0.491. The standard InChI is InChI=1S/C23H32O5/c1-12(24)23-19(28-23)10-17-15-9-18-22(27-18)11-14(26-13(2)25)5-7-20(22,3)16(15)6-8-21(17,23)4/h14-19H,5-11H2,1-4H3/t14-,15+,16-,17-,18+,19-,20+,21-,22-,23+/m0/s1. The van der Waals surface area contributed by atoms with Crippen molar-refractivity contribution in [2.45, 2.75) is 102 Å². The molecule has 6 aliphatic rings. The Kier molecular flexibility index (Phi) is 3.21. The summed E-state index contributed by atoms with van der Waals surface area (Å²) in [6, 6.07) is 0. The van der Waals surface area contributed by atoms with Gasteiger partial charge in [-0.3, -0.25) is 9.59 Å². The van der Waals surface area contributed by atoms with Gasteiger partial charge in [-0.05, 0) is 63.2 Å². The average molecular weight is 389 g/mol. The zero-order valence-electron chi connectivity index (χ0n) is 17.5. The maximum atomic E-state index is 12.5. The van der Waals surface area contributed by atoms with Gasteiger partial charge >= 0.3 is 5.97 Å². The van der Waals surface area contributed by atoms with Crippen molar-refractivity contribution in [2.24, 2.45) is 28.6 Å². The van der Waals surface area contributed by atoms with Crippen LogP contribution in [0.1, 0.15) is 72.6 Å². The molecule has 6 rings (SSSR count). The van der Waals surface area contributed by atoms with E-state index in [4.69, 9.17) is 14.2 Å². The molecule has 2 aliphatic heterocycles. The van der Waals surface area contributed by atoms with Gasteiger partial charge in [-0.2, -0.15) is 0 Å². The highest BCUT2D eigenvalue weighted by Crippen LogP contribution is 2.77. The van der Waals surface area contributed by atoms with Crippen LogP contribution in [0.4, 0.5) is 0 Å². The van der Waals surface area contributed by atoms with Crippen LogP contribution in [0.2, 0.25) is 0 Å². The fraction of sp³-hybridized carbons (Fsp3) is 0.913. The summed E-state index contributed by atoms with van der Waals surface area (Å²) >= 11 is 0. The van der Waals surface area contributed by atoms with Crippen molar-refractivity contribution in [2.75, 3.05) is 0 Å². The molecule has 0 radical (unpaired) electrons. The first-order chi connectivity index (χ1) is 13.2. The van der Waals surface area contributed by atoms with Crippen molar-refractivity contribution < 1.29 is 23.8 Å². The van der Waals surface area contributed by atoms with Crippen LogP contribution in [0.15, 0.2) is 0 Å². The maximum Gasteiger partial charge on any atom is 0.302 e. The van der Waals surface area contributed by atoms with E-state index in [1.54, 1.807) is 6.92 Å². The molecule has 5 heteroatoms. The molecular weight excluding hydrogens is 356 g/mol. The average Bonchev–Trinajstić information content (AvgIpc) is 3.48. The van der Waals surface area contributed by atoms with Gasteiger partial charge in [0.15, 0.2) is 11.4 Å². The lowest BCUT2D eigenvalue weighted by atomic mass is 9.44. The SMILES string of the molecule is CC(=O)O[C@H]1CC[C@]2(C)[C@H]3CC[C@@]4(C)[C@@H](C[C@@H]5O[C@]54C(C)=O)[C@@H]3C[C@H]3O[C@@]32C1. The van der Waals surface area contributed by atoms with Crippen LogP contribution in [0.25, 0.3) is 0 Å². The molecule has 0 amide bonds. The first-order valence-electron chi connectivity index (χ1n) is 11.2. The molecule has 154 valence electrons. The second kappa shape index (κ2) is 5.03. The number of hydrogen-bond acceptors (Lipinski definition) is 5. The van der Waals surface area contributed by atoms with Gasteiger partial charge in [-0.15, -0.1) is 0 Å². The van der Waals surface area contributed by atoms with Gasteiger partial charge in [0.1, 0.15) is 11.7 Å². The van der Waals surface area contributed by atoms with Gasteiger partial charge in [-0.1, -0.05) is 13.8 Å². The van der Waals surface area contributed by atoms with E-state index in [9.17, 15) is 9.59 Å². The molecule has 10 atom stereocenters. The second-order valence-corrected chi connectivity index (χ2v) is 11.1. The van der Waals surface area contributed by atoms with Gasteiger partial charge in [0.25, 0.3) is 0 Å². The van der Waals surface area contributed by atoms with E-state index in [1.165, 1.54) is 6.92 Å². The molecule has 5 nitrogen and oxygen atoms in total. The van der Waals surface area contributed by atoms with Gasteiger partial charge in [-0.25, -0.2) is 0 Å². The second-order valence-electron chi connectivity index (χ2n) is 11.1. The summed E-state index contributed by atoms with van der Waals surface area (Å²) in [4.78, 5) is 24.0. The number of fused-ring (bicyclic) bond motifs is 6. The Bertz CT molecular complexity index is 779. The van der Waals surface area contributed by atoms with Crippen LogP contribution in [-0.2, 0) is 23.8 Å². The highest BCUT2D eigenvalue weighted by molar-refractivity contribution is 5.90. The van der Waals surface area contributed by atoms with E-state index in [-0.39, 0.29) is 40.4 Å². The van der Waals surface area contributed by atoms with Gasteiger partial charge < -0.3 is 14.2 Å². The van der Waals surface area contributed by atoms with Crippen LogP contribution >= 0.6 is 0 Å². The number of epoxide rings is 2. The number of esters is 1. The summed E-state index contributed by atoms with van der Waals surface area (Å²) in [5.41, 5.74) is -0.424. The molecule has 2 heterocycles. The molecule has 1 spiro atoms. The van der Waals surface area contributed by atoms with Crippen molar-refractivity contribution in [3.63, 3.8) is 0 Å². The van der Waals surface area contributed by atoms with E-state index in [0.29, 0.717) is 23.9 Å². The smallest absolute Gasteiger partial charge is 0.302 e. The molecule has 0 aromatic heterocycles. The lowest BCUT2D eigenvalue weighted by Crippen LogP contribution is -2.60. The lowest BCUT2D eigenvalue weighted by Gasteiger charge is -2.59. The Balaban J connectivity index is 1.31. The monoisotopic (exact) mass is 388 g/mol. The quantitative estimate of drug-likeness (QED) is 0.535. The molecule has 0 N–H and O–H groups in total. The number of ether oxygens (including phenoxy) is 3. The van der Waals surface area contributed by atoms with Crippen LogP contribution < -0.4 is 0 Å². The molecule has 0 unspecified atom stereocenters. The summed E-state index contributed by atoms with van der Waals surface area (Å²) in [6.45, 7) is 8.02. The van der Waals surface area contributed by atoms with Crippen molar-refractivity contribution in [1.29, 1.82) is 0 Å². The topological polar surface area (TPSA) is 68.4 Å². The van der Waals surface area contributed by atoms with E-state index in [0.717, 1.165) is 44.9 Å². The molecule has 0 aromatic carbocycles. The summed E-state index contributed by atoms with van der Waals surface area (Å²) in [6.07, 6.45) is 7.73. The molecule has 4 saturated carbocycles. The van der Waals surface area contributed by atoms with E-state index < -0.39 is 5.60 Å². The summed E-state index contributed by atoms with van der Waals surface area (Å²) in [7, 11) is 0. The van der Waals surface area contributed by atoms with E-state index in [1.807, 2.05) is 0 Å². The highest BCUT2D eigenvalue weighted by atomic mass is 16.6. The molecule has 4 aliphatic carbocycles. The molecular formula is C23H32O5. The molecule has 28 heavy (non-hydrogen) atoms. The van der Waals surface area contributed by atoms with Crippen molar-refractivity contribution >= 4 is 11.8 Å². The fourth-order valence-corrected chi connectivity index (χ4v) is 9.04. The Hall–Kier alpha value is -0.940. The number of carbonyl (C=O) groups excluding carboxylic acids is 2. The predicted molar refractivity (Wildman–Crippen MR) is 100 cm³/mol. The predicted octanol–water partition coefficient (Wildman–Crippen LogP) is 3.43. The maximum absolute atomic E-state index is 12.5. The third-order valence-corrected chi connectivity index (χ3v) is 10.3. The van der Waals surface area contributed by atoms with Gasteiger partial charge in [0.2, 0.25) is 0 Å². The number of carbonyl (C=O) groups is 2. The Labute approximate surface area is 166 Å². The van der Waals surface area contributed by atoms with Crippen LogP contribution in [0.5, 0.6) is 0 Å². The molecule has 2 saturated heterocycles. The molecule has 6 fully saturated rings. The van der Waals surface area contributed by atoms with E-state index >= 15 is 0 Å². The normalized spacial score (nSPS) is 60.4. The van der Waals surface area contributed by atoms with Gasteiger partial charge in [0, 0.05) is 24.2 Å². The van der Waals surface area contributed by atoms with Crippen molar-refractivity contribution in [3.05, 3.63) is 0 Å². The summed E-state index contributed by atoms with van der Waals surface area (Å²) in [5, 5.41) is 0. The third-order valence-electron chi connectivity index (χ3n) is 10.3.